The number of fused-ring (bicyclic) bond motifs is 1. The maximum atomic E-state index is 5.83. The van der Waals surface area contributed by atoms with Gasteiger partial charge in [0.2, 0.25) is 12.7 Å². The number of nitrogens with one attached hydrogen (secondary N) is 1. The number of hydrogen-bond acceptors (Lipinski definition) is 5. The molecule has 1 aliphatic rings. The van der Waals surface area contributed by atoms with Gasteiger partial charge >= 0.3 is 0 Å². The van der Waals surface area contributed by atoms with Crippen LogP contribution in [-0.2, 0) is 6.54 Å². The summed E-state index contributed by atoms with van der Waals surface area (Å²) in [6.45, 7) is 6.08. The first-order chi connectivity index (χ1) is 10.3. The van der Waals surface area contributed by atoms with Gasteiger partial charge in [-0.05, 0) is 37.2 Å². The minimum atomic E-state index is 0.259. The van der Waals surface area contributed by atoms with E-state index in [1.807, 2.05) is 31.3 Å². The molecule has 0 aliphatic carbocycles. The highest BCUT2D eigenvalue weighted by molar-refractivity contribution is 5.48. The third kappa shape index (κ3) is 3.08. The number of hydrogen-bond donors (Lipinski definition) is 1. The van der Waals surface area contributed by atoms with Crippen molar-refractivity contribution in [3.8, 4) is 23.1 Å². The van der Waals surface area contributed by atoms with Gasteiger partial charge in [0.25, 0.3) is 0 Å². The summed E-state index contributed by atoms with van der Waals surface area (Å²) in [5, 5.41) is 3.28. The maximum absolute atomic E-state index is 5.83. The summed E-state index contributed by atoms with van der Waals surface area (Å²) < 4.78 is 16.4. The normalized spacial score (nSPS) is 12.5. The summed E-state index contributed by atoms with van der Waals surface area (Å²) in [7, 11) is 0. The van der Waals surface area contributed by atoms with Crippen LogP contribution in [0.2, 0.25) is 0 Å². The second-order valence-corrected chi connectivity index (χ2v) is 4.86. The molecule has 0 unspecified atom stereocenters. The van der Waals surface area contributed by atoms with Crippen LogP contribution in [0.25, 0.3) is 0 Å². The molecule has 2 heterocycles. The SMILES string of the molecule is CCNCc1cnc(Oc2ccc3c(c2)OCO3)c(C)c1. The van der Waals surface area contributed by atoms with Gasteiger partial charge < -0.3 is 19.5 Å². The Morgan fingerprint density at radius 1 is 1.24 bits per heavy atom. The molecule has 5 nitrogen and oxygen atoms in total. The molecule has 2 aromatic rings. The Balaban J connectivity index is 1.75. The molecule has 110 valence electrons. The molecule has 0 atom stereocenters. The fraction of sp³-hybridized carbons (Fsp3) is 0.312. The second-order valence-electron chi connectivity index (χ2n) is 4.86. The van der Waals surface area contributed by atoms with Crippen LogP contribution in [0.1, 0.15) is 18.1 Å². The predicted octanol–water partition coefficient (Wildman–Crippen LogP) is 3.02. The standard InChI is InChI=1S/C16H18N2O3/c1-3-17-8-12-6-11(2)16(18-9-12)21-13-4-5-14-15(7-13)20-10-19-14/h4-7,9,17H,3,8,10H2,1-2H3. The maximum Gasteiger partial charge on any atom is 0.231 e. The lowest BCUT2D eigenvalue weighted by Gasteiger charge is -2.10. The fourth-order valence-corrected chi connectivity index (χ4v) is 2.15. The number of aryl methyl sites for hydroxylation is 1. The van der Waals surface area contributed by atoms with Gasteiger partial charge in [-0.15, -0.1) is 0 Å². The lowest BCUT2D eigenvalue weighted by molar-refractivity contribution is 0.174. The summed E-state index contributed by atoms with van der Waals surface area (Å²) in [6, 6.07) is 7.59. The van der Waals surface area contributed by atoms with E-state index in [-0.39, 0.29) is 6.79 Å². The Bertz CT molecular complexity index is 643. The summed E-state index contributed by atoms with van der Waals surface area (Å²) in [6.07, 6.45) is 1.83. The third-order valence-corrected chi connectivity index (χ3v) is 3.22. The van der Waals surface area contributed by atoms with Crippen molar-refractivity contribution >= 4 is 0 Å². The van der Waals surface area contributed by atoms with Crippen molar-refractivity contribution < 1.29 is 14.2 Å². The molecule has 1 aromatic heterocycles. The van der Waals surface area contributed by atoms with Crippen LogP contribution in [0.4, 0.5) is 0 Å². The van der Waals surface area contributed by atoms with E-state index in [4.69, 9.17) is 14.2 Å². The number of pyridine rings is 1. The molecular formula is C16H18N2O3. The molecule has 1 aromatic carbocycles. The Morgan fingerprint density at radius 2 is 2.10 bits per heavy atom. The first kappa shape index (κ1) is 13.7. The average Bonchev–Trinajstić information content (AvgIpc) is 2.95. The molecule has 0 saturated carbocycles. The zero-order valence-electron chi connectivity index (χ0n) is 12.2. The molecule has 0 fully saturated rings. The smallest absolute Gasteiger partial charge is 0.231 e. The highest BCUT2D eigenvalue weighted by Gasteiger charge is 2.14. The number of benzene rings is 1. The van der Waals surface area contributed by atoms with Crippen LogP contribution in [0, 0.1) is 6.92 Å². The number of ether oxygens (including phenoxy) is 3. The summed E-state index contributed by atoms with van der Waals surface area (Å²) in [5.74, 6) is 2.74. The third-order valence-electron chi connectivity index (χ3n) is 3.22. The summed E-state index contributed by atoms with van der Waals surface area (Å²) in [5.41, 5.74) is 2.15. The van der Waals surface area contributed by atoms with Crippen molar-refractivity contribution in [3.05, 3.63) is 41.6 Å². The molecular weight excluding hydrogens is 268 g/mol. The van der Waals surface area contributed by atoms with Gasteiger partial charge in [0.15, 0.2) is 11.5 Å². The highest BCUT2D eigenvalue weighted by atomic mass is 16.7. The molecule has 0 bridgehead atoms. The molecule has 1 N–H and O–H groups in total. The quantitative estimate of drug-likeness (QED) is 0.915. The van der Waals surface area contributed by atoms with Crippen LogP contribution in [0.3, 0.4) is 0 Å². The Morgan fingerprint density at radius 3 is 2.90 bits per heavy atom. The van der Waals surface area contributed by atoms with Crippen molar-refractivity contribution in [1.82, 2.24) is 10.3 Å². The largest absolute Gasteiger partial charge is 0.454 e. The lowest BCUT2D eigenvalue weighted by Crippen LogP contribution is -2.12. The molecule has 21 heavy (non-hydrogen) atoms. The second kappa shape index (κ2) is 6.01. The minimum Gasteiger partial charge on any atom is -0.454 e. The van der Waals surface area contributed by atoms with Gasteiger partial charge in [-0.25, -0.2) is 4.98 Å². The molecule has 0 saturated heterocycles. The number of aromatic nitrogens is 1. The van der Waals surface area contributed by atoms with Crippen LogP contribution in [0.5, 0.6) is 23.1 Å². The number of rotatable bonds is 5. The molecule has 5 heteroatoms. The highest BCUT2D eigenvalue weighted by Crippen LogP contribution is 2.36. The number of nitrogens with zero attached hydrogens (tertiary/aromatic N) is 1. The molecule has 0 spiro atoms. The van der Waals surface area contributed by atoms with Gasteiger partial charge in [-0.3, -0.25) is 0 Å². The van der Waals surface area contributed by atoms with E-state index in [9.17, 15) is 0 Å². The average molecular weight is 286 g/mol. The van der Waals surface area contributed by atoms with Crippen LogP contribution in [0.15, 0.2) is 30.5 Å². The van der Waals surface area contributed by atoms with Gasteiger partial charge in [-0.1, -0.05) is 6.92 Å². The lowest BCUT2D eigenvalue weighted by atomic mass is 10.2. The van der Waals surface area contributed by atoms with Gasteiger partial charge in [-0.2, -0.15) is 0 Å². The minimum absolute atomic E-state index is 0.259. The van der Waals surface area contributed by atoms with Gasteiger partial charge in [0.05, 0.1) is 0 Å². The fourth-order valence-electron chi connectivity index (χ4n) is 2.15. The molecule has 1 aliphatic heterocycles. The zero-order valence-corrected chi connectivity index (χ0v) is 12.2. The van der Waals surface area contributed by atoms with Crippen molar-refractivity contribution in [3.63, 3.8) is 0 Å². The van der Waals surface area contributed by atoms with E-state index in [0.717, 1.165) is 30.0 Å². The van der Waals surface area contributed by atoms with E-state index in [2.05, 4.69) is 23.3 Å². The van der Waals surface area contributed by atoms with Crippen LogP contribution in [-0.4, -0.2) is 18.3 Å². The first-order valence-corrected chi connectivity index (χ1v) is 7.00. The zero-order chi connectivity index (χ0) is 14.7. The Kier molecular flexibility index (Phi) is 3.92. The Hall–Kier alpha value is -2.27. The van der Waals surface area contributed by atoms with Crippen LogP contribution < -0.4 is 19.5 Å². The summed E-state index contributed by atoms with van der Waals surface area (Å²) >= 11 is 0. The van der Waals surface area contributed by atoms with E-state index in [1.165, 1.54) is 0 Å². The van der Waals surface area contributed by atoms with Crippen molar-refractivity contribution in [2.75, 3.05) is 13.3 Å². The topological polar surface area (TPSA) is 52.6 Å². The van der Waals surface area contributed by atoms with E-state index in [1.54, 1.807) is 0 Å². The van der Waals surface area contributed by atoms with E-state index >= 15 is 0 Å². The van der Waals surface area contributed by atoms with E-state index < -0.39 is 0 Å². The molecule has 0 amide bonds. The predicted molar refractivity (Wildman–Crippen MR) is 79.0 cm³/mol. The summed E-state index contributed by atoms with van der Waals surface area (Å²) in [4.78, 5) is 4.39. The van der Waals surface area contributed by atoms with Gasteiger partial charge in [0, 0.05) is 24.4 Å². The van der Waals surface area contributed by atoms with Crippen molar-refractivity contribution in [2.45, 2.75) is 20.4 Å². The Labute approximate surface area is 123 Å². The molecule has 0 radical (unpaired) electrons. The molecule has 3 rings (SSSR count). The van der Waals surface area contributed by atoms with Crippen molar-refractivity contribution in [2.24, 2.45) is 0 Å². The van der Waals surface area contributed by atoms with Gasteiger partial charge in [0.1, 0.15) is 5.75 Å². The van der Waals surface area contributed by atoms with Crippen LogP contribution >= 0.6 is 0 Å². The van der Waals surface area contributed by atoms with Crippen molar-refractivity contribution in [1.29, 1.82) is 0 Å². The first-order valence-electron chi connectivity index (χ1n) is 7.00. The monoisotopic (exact) mass is 286 g/mol. The van der Waals surface area contributed by atoms with E-state index in [0.29, 0.717) is 17.4 Å².